The van der Waals surface area contributed by atoms with Crippen LogP contribution in [0.25, 0.3) is 0 Å². The van der Waals surface area contributed by atoms with Crippen LogP contribution in [0.4, 0.5) is 0 Å². The first-order valence-electron chi connectivity index (χ1n) is 12.8. The lowest BCUT2D eigenvalue weighted by Crippen LogP contribution is -2.54. The molecule has 218 valence electrons. The smallest absolute Gasteiger partial charge is 0.247 e. The highest BCUT2D eigenvalue weighted by atomic mass is 127. The summed E-state index contributed by atoms with van der Waals surface area (Å²) in [5.41, 5.74) is 1.63. The number of ether oxygens (including phenoxy) is 2. The number of nitrogens with zero attached hydrogens (tertiary/aromatic N) is 1. The van der Waals surface area contributed by atoms with Gasteiger partial charge < -0.3 is 35.0 Å². The highest BCUT2D eigenvalue weighted by molar-refractivity contribution is 14.1. The molecule has 0 fully saturated rings. The first-order valence-corrected chi connectivity index (χ1v) is 14.6. The Labute approximate surface area is 257 Å². The molecule has 4 N–H and O–H groups in total. The predicted molar refractivity (Wildman–Crippen MR) is 161 cm³/mol. The number of carbonyl (C=O) groups is 2. The Hall–Kier alpha value is -2.09. The lowest BCUT2D eigenvalue weighted by Gasteiger charge is -2.41. The number of aliphatic hydroxyl groups is 3. The molecule has 3 unspecified atom stereocenters. The van der Waals surface area contributed by atoms with Gasteiger partial charge in [-0.3, -0.25) is 9.59 Å². The maximum Gasteiger partial charge on any atom is 0.247 e. The lowest BCUT2D eigenvalue weighted by molar-refractivity contribution is -0.139. The van der Waals surface area contributed by atoms with Gasteiger partial charge in [0.15, 0.2) is 11.5 Å². The average molecular weight is 707 g/mol. The third kappa shape index (κ3) is 8.01. The number of halogens is 3. The third-order valence-corrected chi connectivity index (χ3v) is 8.00. The van der Waals surface area contributed by atoms with Crippen molar-refractivity contribution in [2.75, 3.05) is 20.3 Å². The van der Waals surface area contributed by atoms with Crippen LogP contribution >= 0.6 is 45.8 Å². The number of hydrogen-bond acceptors (Lipinski definition) is 7. The molecule has 0 bridgehead atoms. The summed E-state index contributed by atoms with van der Waals surface area (Å²) in [4.78, 5) is 28.0. The predicted octanol–water partition coefficient (Wildman–Crippen LogP) is 3.84. The van der Waals surface area contributed by atoms with E-state index in [1.165, 1.54) is 13.2 Å². The van der Waals surface area contributed by atoms with Gasteiger partial charge in [0.1, 0.15) is 12.2 Å². The maximum absolute atomic E-state index is 13.4. The fourth-order valence-electron chi connectivity index (χ4n) is 4.48. The van der Waals surface area contributed by atoms with Crippen LogP contribution in [0, 0.1) is 3.57 Å². The number of amides is 2. The maximum atomic E-state index is 13.4. The molecule has 3 atom stereocenters. The molecule has 3 rings (SSSR count). The number of nitrogens with one attached hydrogen (secondary N) is 1. The Morgan fingerprint density at radius 1 is 1.15 bits per heavy atom. The van der Waals surface area contributed by atoms with Crippen LogP contribution in [-0.4, -0.2) is 70.5 Å². The van der Waals surface area contributed by atoms with E-state index in [0.717, 1.165) is 0 Å². The molecule has 2 aromatic carbocycles. The van der Waals surface area contributed by atoms with E-state index < -0.39 is 24.2 Å². The van der Waals surface area contributed by atoms with Gasteiger partial charge in [0.05, 0.1) is 40.0 Å². The molecule has 0 saturated heterocycles. The van der Waals surface area contributed by atoms with Gasteiger partial charge in [0.25, 0.3) is 0 Å². The zero-order valence-electron chi connectivity index (χ0n) is 22.2. The van der Waals surface area contributed by atoms with Crippen LogP contribution in [0.5, 0.6) is 11.5 Å². The monoisotopic (exact) mass is 706 g/mol. The number of rotatable bonds is 12. The van der Waals surface area contributed by atoms with Gasteiger partial charge in [-0.15, -0.1) is 0 Å². The average Bonchev–Trinajstić information content (AvgIpc) is 2.94. The zero-order valence-corrected chi connectivity index (χ0v) is 25.9. The van der Waals surface area contributed by atoms with Crippen molar-refractivity contribution in [2.24, 2.45) is 0 Å². The van der Waals surface area contributed by atoms with Crippen molar-refractivity contribution in [3.05, 3.63) is 66.7 Å². The van der Waals surface area contributed by atoms with Crippen molar-refractivity contribution >= 4 is 57.6 Å². The van der Waals surface area contributed by atoms with Crippen molar-refractivity contribution in [3.63, 3.8) is 0 Å². The van der Waals surface area contributed by atoms with Crippen molar-refractivity contribution in [2.45, 2.75) is 57.6 Å². The molecular weight excluding hydrogens is 674 g/mol. The summed E-state index contributed by atoms with van der Waals surface area (Å²) in [5.74, 6) is 0.0362. The number of hydrogen-bond donors (Lipinski definition) is 4. The molecule has 0 radical (unpaired) electrons. The second-order valence-electron chi connectivity index (χ2n) is 9.30. The van der Waals surface area contributed by atoms with Gasteiger partial charge in [-0.25, -0.2) is 0 Å². The highest BCUT2D eigenvalue weighted by Crippen LogP contribution is 2.37. The summed E-state index contributed by atoms with van der Waals surface area (Å²) in [7, 11) is 1.46. The minimum absolute atomic E-state index is 0.0466. The first kappa shape index (κ1) is 32.4. The van der Waals surface area contributed by atoms with Crippen molar-refractivity contribution in [3.8, 4) is 11.5 Å². The van der Waals surface area contributed by atoms with E-state index in [-0.39, 0.29) is 45.1 Å². The summed E-state index contributed by atoms with van der Waals surface area (Å²) in [6.07, 6.45) is 0.182. The molecule has 12 heteroatoms. The van der Waals surface area contributed by atoms with E-state index in [4.69, 9.17) is 32.7 Å². The van der Waals surface area contributed by atoms with Gasteiger partial charge in [-0.1, -0.05) is 36.2 Å². The van der Waals surface area contributed by atoms with Gasteiger partial charge in [0, 0.05) is 31.5 Å². The summed E-state index contributed by atoms with van der Waals surface area (Å²) >= 11 is 14.4. The molecular formula is C28H33Cl2IN2O7. The normalized spacial score (nSPS) is 18.6. The number of benzene rings is 2. The van der Waals surface area contributed by atoms with E-state index in [2.05, 4.69) is 5.32 Å². The topological polar surface area (TPSA) is 129 Å². The molecule has 0 heterocycles. The minimum atomic E-state index is -1.21. The van der Waals surface area contributed by atoms with Crippen molar-refractivity contribution in [1.29, 1.82) is 0 Å². The van der Waals surface area contributed by atoms with Crippen LogP contribution in [0.15, 0.2) is 42.0 Å². The second-order valence-corrected chi connectivity index (χ2v) is 11.3. The van der Waals surface area contributed by atoms with Crippen LogP contribution < -0.4 is 14.8 Å². The van der Waals surface area contributed by atoms with Crippen molar-refractivity contribution in [1.82, 2.24) is 10.2 Å². The second kappa shape index (κ2) is 15.2. The van der Waals surface area contributed by atoms with Gasteiger partial charge in [-0.05, 0) is 70.5 Å². The molecule has 2 amide bonds. The minimum Gasteiger partial charge on any atom is -0.493 e. The Kier molecular flexibility index (Phi) is 12.3. The molecule has 0 saturated carbocycles. The molecule has 9 nitrogen and oxygen atoms in total. The molecule has 1 aliphatic rings. The standard InChI is InChI=1S/C28H33Cl2IN2O7/c1-3-4-25(36)33(14-16-5-6-19(29)20(30)9-16)22-12-18(28(38)32-7-8-34)13-23(26(22)37)40-27-21(31)10-17(15-35)11-24(27)39-2/h5-6,9-11,13,22-23,26,34-35,37H,3-4,7-8,12,14-15H2,1-2H3,(H,32,38). The Balaban J connectivity index is 2.04. The fraction of sp³-hybridized carbons (Fsp3) is 0.429. The summed E-state index contributed by atoms with van der Waals surface area (Å²) in [5, 5.41) is 33.8. The summed E-state index contributed by atoms with van der Waals surface area (Å²) < 4.78 is 12.4. The molecule has 0 aliphatic heterocycles. The molecule has 40 heavy (non-hydrogen) atoms. The largest absolute Gasteiger partial charge is 0.493 e. The van der Waals surface area contributed by atoms with Crippen LogP contribution in [-0.2, 0) is 22.7 Å². The van der Waals surface area contributed by atoms with E-state index in [0.29, 0.717) is 48.2 Å². The van der Waals surface area contributed by atoms with Crippen LogP contribution in [0.1, 0.15) is 37.3 Å². The third-order valence-electron chi connectivity index (χ3n) is 6.46. The Morgan fingerprint density at radius 2 is 1.90 bits per heavy atom. The van der Waals surface area contributed by atoms with E-state index in [1.54, 1.807) is 35.2 Å². The van der Waals surface area contributed by atoms with E-state index in [1.807, 2.05) is 29.5 Å². The summed E-state index contributed by atoms with van der Waals surface area (Å²) in [6, 6.07) is 7.60. The van der Waals surface area contributed by atoms with Crippen LogP contribution in [0.2, 0.25) is 10.0 Å². The SMILES string of the molecule is CCCC(=O)N(Cc1ccc(Cl)c(Cl)c1)C1CC(C(=O)NCCO)=CC(Oc2c(I)cc(CO)cc2OC)C1O. The first-order chi connectivity index (χ1) is 19.1. The number of carbonyl (C=O) groups excluding carboxylic acids is 2. The molecule has 0 spiro atoms. The van der Waals surface area contributed by atoms with Gasteiger partial charge in [-0.2, -0.15) is 0 Å². The number of aliphatic hydroxyl groups excluding tert-OH is 3. The van der Waals surface area contributed by atoms with Gasteiger partial charge in [0.2, 0.25) is 11.8 Å². The Bertz CT molecular complexity index is 1240. The van der Waals surface area contributed by atoms with Gasteiger partial charge >= 0.3 is 0 Å². The van der Waals surface area contributed by atoms with Crippen LogP contribution in [0.3, 0.4) is 0 Å². The highest BCUT2D eigenvalue weighted by Gasteiger charge is 2.40. The lowest BCUT2D eigenvalue weighted by atomic mass is 9.87. The number of methoxy groups -OCH3 is 1. The molecule has 2 aromatic rings. The summed E-state index contributed by atoms with van der Waals surface area (Å²) in [6.45, 7) is 1.62. The fourth-order valence-corrected chi connectivity index (χ4v) is 5.59. The zero-order chi connectivity index (χ0) is 29.4. The molecule has 1 aliphatic carbocycles. The van der Waals surface area contributed by atoms with Crippen molar-refractivity contribution < 1.29 is 34.4 Å². The molecule has 0 aromatic heterocycles. The van der Waals surface area contributed by atoms with E-state index in [9.17, 15) is 24.9 Å². The van der Waals surface area contributed by atoms with E-state index >= 15 is 0 Å². The Morgan fingerprint density at radius 3 is 2.52 bits per heavy atom. The quantitative estimate of drug-likeness (QED) is 0.247.